The molecule has 2 aromatic rings. The van der Waals surface area contributed by atoms with Crippen LogP contribution in [0.1, 0.15) is 11.1 Å². The number of fused-ring (bicyclic) bond motifs is 1. The number of hydrogen-bond donors (Lipinski definition) is 2. The second-order valence-electron chi connectivity index (χ2n) is 5.93. The SMILES string of the molecule is CN(C)c1cc(CNC(=O)NCc2ccc3c(c2)OCCO3)ccn1. The molecule has 0 aliphatic carbocycles. The highest BCUT2D eigenvalue weighted by atomic mass is 16.6. The molecule has 3 rings (SSSR count). The van der Waals surface area contributed by atoms with E-state index in [1.807, 2.05) is 49.3 Å². The van der Waals surface area contributed by atoms with Gasteiger partial charge in [0.2, 0.25) is 0 Å². The van der Waals surface area contributed by atoms with Crippen LogP contribution in [0.5, 0.6) is 11.5 Å². The van der Waals surface area contributed by atoms with E-state index in [-0.39, 0.29) is 6.03 Å². The topological polar surface area (TPSA) is 75.7 Å². The van der Waals surface area contributed by atoms with Crippen molar-refractivity contribution in [2.24, 2.45) is 0 Å². The molecule has 2 N–H and O–H groups in total. The van der Waals surface area contributed by atoms with Crippen LogP contribution in [0.3, 0.4) is 0 Å². The van der Waals surface area contributed by atoms with Crippen molar-refractivity contribution in [2.45, 2.75) is 13.1 Å². The number of carbonyl (C=O) groups excluding carboxylic acids is 1. The summed E-state index contributed by atoms with van der Waals surface area (Å²) in [4.78, 5) is 18.2. The van der Waals surface area contributed by atoms with Crippen LogP contribution in [0.25, 0.3) is 0 Å². The van der Waals surface area contributed by atoms with Crippen LogP contribution in [0.4, 0.5) is 10.6 Å². The first-order chi connectivity index (χ1) is 12.1. The number of aromatic nitrogens is 1. The van der Waals surface area contributed by atoms with E-state index >= 15 is 0 Å². The lowest BCUT2D eigenvalue weighted by Crippen LogP contribution is -2.34. The summed E-state index contributed by atoms with van der Waals surface area (Å²) in [6.07, 6.45) is 1.74. The molecule has 0 atom stereocenters. The fourth-order valence-electron chi connectivity index (χ4n) is 2.44. The van der Waals surface area contributed by atoms with E-state index in [0.29, 0.717) is 26.3 Å². The van der Waals surface area contributed by atoms with Crippen molar-refractivity contribution in [1.82, 2.24) is 15.6 Å². The first kappa shape index (κ1) is 16.9. The Morgan fingerprint density at radius 1 is 1.04 bits per heavy atom. The molecule has 1 aromatic heterocycles. The Kier molecular flexibility index (Phi) is 5.23. The first-order valence-electron chi connectivity index (χ1n) is 8.14. The molecule has 1 aromatic carbocycles. The number of nitrogens with zero attached hydrogens (tertiary/aromatic N) is 2. The Morgan fingerprint density at radius 3 is 2.44 bits per heavy atom. The monoisotopic (exact) mass is 342 g/mol. The average molecular weight is 342 g/mol. The van der Waals surface area contributed by atoms with Gasteiger partial charge in [0.1, 0.15) is 19.0 Å². The van der Waals surface area contributed by atoms with Gasteiger partial charge in [-0.2, -0.15) is 0 Å². The summed E-state index contributed by atoms with van der Waals surface area (Å²) < 4.78 is 11.0. The largest absolute Gasteiger partial charge is 0.486 e. The van der Waals surface area contributed by atoms with Crippen LogP contribution in [0.15, 0.2) is 36.5 Å². The number of anilines is 1. The van der Waals surface area contributed by atoms with Crippen molar-refractivity contribution in [3.8, 4) is 11.5 Å². The molecule has 0 radical (unpaired) electrons. The molecule has 132 valence electrons. The molecule has 25 heavy (non-hydrogen) atoms. The van der Waals surface area contributed by atoms with E-state index in [9.17, 15) is 4.79 Å². The van der Waals surface area contributed by atoms with E-state index in [0.717, 1.165) is 28.4 Å². The van der Waals surface area contributed by atoms with Gasteiger partial charge in [0.15, 0.2) is 11.5 Å². The number of amides is 2. The van der Waals surface area contributed by atoms with Crippen LogP contribution >= 0.6 is 0 Å². The molecule has 0 spiro atoms. The van der Waals surface area contributed by atoms with Gasteiger partial charge in [0.05, 0.1) is 0 Å². The van der Waals surface area contributed by atoms with E-state index in [1.165, 1.54) is 0 Å². The number of carbonyl (C=O) groups is 1. The third kappa shape index (κ3) is 4.53. The molecule has 1 aliphatic heterocycles. The Labute approximate surface area is 147 Å². The summed E-state index contributed by atoms with van der Waals surface area (Å²) in [6, 6.07) is 9.28. The molecular weight excluding hydrogens is 320 g/mol. The molecule has 1 aliphatic rings. The molecule has 0 bridgehead atoms. The summed E-state index contributed by atoms with van der Waals surface area (Å²) in [5.74, 6) is 2.32. The summed E-state index contributed by atoms with van der Waals surface area (Å²) in [7, 11) is 3.86. The second kappa shape index (κ2) is 7.74. The molecule has 2 heterocycles. The third-order valence-corrected chi connectivity index (χ3v) is 3.78. The average Bonchev–Trinajstić information content (AvgIpc) is 2.64. The van der Waals surface area contributed by atoms with Gasteiger partial charge in [-0.15, -0.1) is 0 Å². The molecule has 0 saturated carbocycles. The van der Waals surface area contributed by atoms with E-state index in [2.05, 4.69) is 15.6 Å². The highest BCUT2D eigenvalue weighted by molar-refractivity contribution is 5.73. The van der Waals surface area contributed by atoms with Gasteiger partial charge in [-0.05, 0) is 35.4 Å². The zero-order valence-electron chi connectivity index (χ0n) is 14.4. The molecule has 0 saturated heterocycles. The normalized spacial score (nSPS) is 12.4. The summed E-state index contributed by atoms with van der Waals surface area (Å²) in [5, 5.41) is 5.69. The number of rotatable bonds is 5. The number of ether oxygens (including phenoxy) is 2. The summed E-state index contributed by atoms with van der Waals surface area (Å²) in [5.41, 5.74) is 1.95. The molecule has 0 unspecified atom stereocenters. The predicted octanol–water partition coefficient (Wildman–Crippen LogP) is 1.92. The maximum atomic E-state index is 12.0. The van der Waals surface area contributed by atoms with Gasteiger partial charge in [-0.3, -0.25) is 0 Å². The van der Waals surface area contributed by atoms with Crippen LogP contribution in [-0.4, -0.2) is 38.3 Å². The van der Waals surface area contributed by atoms with Gasteiger partial charge in [0.25, 0.3) is 0 Å². The van der Waals surface area contributed by atoms with Crippen molar-refractivity contribution in [1.29, 1.82) is 0 Å². The van der Waals surface area contributed by atoms with Gasteiger partial charge >= 0.3 is 6.03 Å². The highest BCUT2D eigenvalue weighted by Crippen LogP contribution is 2.30. The Morgan fingerprint density at radius 2 is 1.72 bits per heavy atom. The minimum Gasteiger partial charge on any atom is -0.486 e. The van der Waals surface area contributed by atoms with Gasteiger partial charge in [-0.1, -0.05) is 6.07 Å². The second-order valence-corrected chi connectivity index (χ2v) is 5.93. The number of hydrogen-bond acceptors (Lipinski definition) is 5. The van der Waals surface area contributed by atoms with E-state index in [1.54, 1.807) is 6.20 Å². The Balaban J connectivity index is 1.49. The number of benzene rings is 1. The van der Waals surface area contributed by atoms with Gasteiger partial charge in [0, 0.05) is 33.4 Å². The van der Waals surface area contributed by atoms with Crippen molar-refractivity contribution in [3.63, 3.8) is 0 Å². The van der Waals surface area contributed by atoms with Crippen LogP contribution in [0, 0.1) is 0 Å². The van der Waals surface area contributed by atoms with Crippen molar-refractivity contribution < 1.29 is 14.3 Å². The minimum absolute atomic E-state index is 0.224. The zero-order chi connectivity index (χ0) is 17.6. The molecule has 7 heteroatoms. The first-order valence-corrected chi connectivity index (χ1v) is 8.14. The molecule has 0 fully saturated rings. The van der Waals surface area contributed by atoms with Crippen molar-refractivity contribution >= 4 is 11.8 Å². The zero-order valence-corrected chi connectivity index (χ0v) is 14.4. The van der Waals surface area contributed by atoms with Crippen LogP contribution in [0.2, 0.25) is 0 Å². The maximum absolute atomic E-state index is 12.0. The quantitative estimate of drug-likeness (QED) is 0.868. The van der Waals surface area contributed by atoms with Crippen LogP contribution < -0.4 is 25.0 Å². The van der Waals surface area contributed by atoms with Crippen LogP contribution in [-0.2, 0) is 13.1 Å². The number of urea groups is 1. The molecule has 2 amide bonds. The Hall–Kier alpha value is -2.96. The minimum atomic E-state index is -0.224. The summed E-state index contributed by atoms with van der Waals surface area (Å²) in [6.45, 7) is 1.97. The number of nitrogens with one attached hydrogen (secondary N) is 2. The standard InChI is InChI=1S/C18H22N4O3/c1-22(2)17-10-14(5-6-19-17)12-21-18(23)20-11-13-3-4-15-16(9-13)25-8-7-24-15/h3-6,9-10H,7-8,11-12H2,1-2H3,(H2,20,21,23). The van der Waals surface area contributed by atoms with E-state index < -0.39 is 0 Å². The van der Waals surface area contributed by atoms with Gasteiger partial charge in [-0.25, -0.2) is 9.78 Å². The fraction of sp³-hybridized carbons (Fsp3) is 0.333. The van der Waals surface area contributed by atoms with Gasteiger partial charge < -0.3 is 25.0 Å². The lowest BCUT2D eigenvalue weighted by atomic mass is 10.2. The maximum Gasteiger partial charge on any atom is 0.315 e. The number of pyridine rings is 1. The predicted molar refractivity (Wildman–Crippen MR) is 95.1 cm³/mol. The third-order valence-electron chi connectivity index (χ3n) is 3.78. The lowest BCUT2D eigenvalue weighted by Gasteiger charge is -2.19. The van der Waals surface area contributed by atoms with Crippen molar-refractivity contribution in [2.75, 3.05) is 32.2 Å². The summed E-state index contributed by atoms with van der Waals surface area (Å²) >= 11 is 0. The molecule has 7 nitrogen and oxygen atoms in total. The van der Waals surface area contributed by atoms with E-state index in [4.69, 9.17) is 9.47 Å². The highest BCUT2D eigenvalue weighted by Gasteiger charge is 2.12. The molecular formula is C18H22N4O3. The lowest BCUT2D eigenvalue weighted by molar-refractivity contribution is 0.171. The Bertz CT molecular complexity index is 749. The van der Waals surface area contributed by atoms with Crippen molar-refractivity contribution in [3.05, 3.63) is 47.7 Å². The smallest absolute Gasteiger partial charge is 0.315 e. The fourth-order valence-corrected chi connectivity index (χ4v) is 2.44.